The van der Waals surface area contributed by atoms with Crippen molar-refractivity contribution >= 4 is 38.9 Å². The fourth-order valence-electron chi connectivity index (χ4n) is 2.18. The van der Waals surface area contributed by atoms with Crippen LogP contribution in [0.25, 0.3) is 0 Å². The predicted octanol–water partition coefficient (Wildman–Crippen LogP) is 2.50. The summed E-state index contributed by atoms with van der Waals surface area (Å²) in [7, 11) is -0.748. The third-order valence-corrected chi connectivity index (χ3v) is 6.46. The molecular weight excluding hydrogens is 388 g/mol. The summed E-state index contributed by atoms with van der Waals surface area (Å²) in [6.07, 6.45) is -0.237. The lowest BCUT2D eigenvalue weighted by Crippen LogP contribution is -2.30. The smallest absolute Gasteiger partial charge is 0.306 e. The average Bonchev–Trinajstić information content (AvgIpc) is 3.13. The zero-order valence-electron chi connectivity index (χ0n) is 15.3. The number of carbonyl (C=O) groups is 2. The number of nitrogens with one attached hydrogen (secondary N) is 1. The molecule has 2 aromatic rings. The third kappa shape index (κ3) is 5.88. The molecule has 9 heteroatoms. The largest absolute Gasteiger partial charge is 0.453 e. The summed E-state index contributed by atoms with van der Waals surface area (Å²) < 4.78 is 30.6. The van der Waals surface area contributed by atoms with Gasteiger partial charge in [0.05, 0.1) is 11.3 Å². The molecule has 1 heterocycles. The van der Waals surface area contributed by atoms with Gasteiger partial charge in [-0.2, -0.15) is 0 Å². The van der Waals surface area contributed by atoms with Crippen LogP contribution >= 0.6 is 11.3 Å². The van der Waals surface area contributed by atoms with E-state index >= 15 is 0 Å². The molecule has 2 rings (SSSR count). The first-order valence-corrected chi connectivity index (χ1v) is 10.6. The molecule has 1 aromatic carbocycles. The first-order chi connectivity index (χ1) is 12.7. The molecule has 146 valence electrons. The van der Waals surface area contributed by atoms with Crippen molar-refractivity contribution in [2.75, 3.05) is 19.4 Å². The number of sulfonamides is 1. The Labute approximate surface area is 163 Å². The van der Waals surface area contributed by atoms with Crippen molar-refractivity contribution in [2.24, 2.45) is 0 Å². The van der Waals surface area contributed by atoms with Crippen molar-refractivity contribution in [3.63, 3.8) is 0 Å². The van der Waals surface area contributed by atoms with Crippen LogP contribution in [0.3, 0.4) is 0 Å². The fourth-order valence-corrected chi connectivity index (χ4v) is 3.84. The van der Waals surface area contributed by atoms with Gasteiger partial charge >= 0.3 is 5.97 Å². The van der Waals surface area contributed by atoms with E-state index in [1.807, 2.05) is 17.5 Å². The fraction of sp³-hybridized carbons (Fsp3) is 0.333. The Morgan fingerprint density at radius 2 is 1.96 bits per heavy atom. The number of benzene rings is 1. The summed E-state index contributed by atoms with van der Waals surface area (Å²) in [4.78, 5) is 25.2. The van der Waals surface area contributed by atoms with Crippen molar-refractivity contribution in [2.45, 2.75) is 30.8 Å². The SMILES string of the molecule is C[C@@H](OC(=O)CCc1cccs1)C(=O)Nc1cccc(S(=O)(=O)N(C)C)c1. The molecule has 7 nitrogen and oxygen atoms in total. The Bertz CT molecular complexity index is 892. The minimum absolute atomic E-state index is 0.0610. The van der Waals surface area contributed by atoms with E-state index in [4.69, 9.17) is 4.74 Å². The van der Waals surface area contributed by atoms with Crippen LogP contribution < -0.4 is 5.32 Å². The number of thiophene rings is 1. The third-order valence-electron chi connectivity index (χ3n) is 3.71. The summed E-state index contributed by atoms with van der Waals surface area (Å²) >= 11 is 1.56. The Balaban J connectivity index is 1.93. The molecule has 0 saturated carbocycles. The second-order valence-corrected chi connectivity index (χ2v) is 9.20. The van der Waals surface area contributed by atoms with Gasteiger partial charge in [0.2, 0.25) is 10.0 Å². The maximum Gasteiger partial charge on any atom is 0.306 e. The van der Waals surface area contributed by atoms with Crippen LogP contribution in [0, 0.1) is 0 Å². The number of aryl methyl sites for hydroxylation is 1. The van der Waals surface area contributed by atoms with E-state index in [9.17, 15) is 18.0 Å². The van der Waals surface area contributed by atoms with Gasteiger partial charge in [-0.05, 0) is 43.0 Å². The second-order valence-electron chi connectivity index (χ2n) is 6.02. The molecule has 1 aromatic heterocycles. The first-order valence-electron chi connectivity index (χ1n) is 8.25. The number of ether oxygens (including phenoxy) is 1. The molecule has 0 bridgehead atoms. The van der Waals surface area contributed by atoms with E-state index in [0.29, 0.717) is 12.1 Å². The summed E-state index contributed by atoms with van der Waals surface area (Å²) in [5.74, 6) is -0.992. The Kier molecular flexibility index (Phi) is 7.11. The van der Waals surface area contributed by atoms with Gasteiger partial charge in [-0.25, -0.2) is 12.7 Å². The maximum absolute atomic E-state index is 12.2. The van der Waals surface area contributed by atoms with Crippen LogP contribution in [-0.2, 0) is 30.8 Å². The Hall–Kier alpha value is -2.23. The number of esters is 1. The van der Waals surface area contributed by atoms with Crippen LogP contribution in [0.2, 0.25) is 0 Å². The topological polar surface area (TPSA) is 92.8 Å². The number of hydrogen-bond donors (Lipinski definition) is 1. The summed E-state index contributed by atoms with van der Waals surface area (Å²) in [6, 6.07) is 9.74. The van der Waals surface area contributed by atoms with Crippen LogP contribution in [0.15, 0.2) is 46.7 Å². The van der Waals surface area contributed by atoms with Gasteiger partial charge in [-0.15, -0.1) is 11.3 Å². The zero-order valence-corrected chi connectivity index (χ0v) is 17.0. The number of rotatable bonds is 8. The van der Waals surface area contributed by atoms with Crippen molar-refractivity contribution in [3.05, 3.63) is 46.7 Å². The van der Waals surface area contributed by atoms with E-state index < -0.39 is 28.0 Å². The minimum atomic E-state index is -3.61. The zero-order chi connectivity index (χ0) is 20.0. The Morgan fingerprint density at radius 1 is 1.22 bits per heavy atom. The van der Waals surface area contributed by atoms with Gasteiger partial charge < -0.3 is 10.1 Å². The molecular formula is C18H22N2O5S2. The molecule has 0 unspecified atom stereocenters. The van der Waals surface area contributed by atoms with Crippen molar-refractivity contribution in [1.29, 1.82) is 0 Å². The van der Waals surface area contributed by atoms with Gasteiger partial charge in [0, 0.05) is 24.7 Å². The summed E-state index contributed by atoms with van der Waals surface area (Å²) in [5.41, 5.74) is 0.310. The monoisotopic (exact) mass is 410 g/mol. The quantitative estimate of drug-likeness (QED) is 0.675. The maximum atomic E-state index is 12.2. The lowest BCUT2D eigenvalue weighted by molar-refractivity contribution is -0.153. The molecule has 0 aliphatic carbocycles. The van der Waals surface area contributed by atoms with Crippen molar-refractivity contribution in [3.8, 4) is 0 Å². The van der Waals surface area contributed by atoms with Gasteiger partial charge in [0.15, 0.2) is 6.10 Å². The number of nitrogens with zero attached hydrogens (tertiary/aromatic N) is 1. The van der Waals surface area contributed by atoms with E-state index in [-0.39, 0.29) is 11.3 Å². The van der Waals surface area contributed by atoms with Crippen LogP contribution in [0.4, 0.5) is 5.69 Å². The highest BCUT2D eigenvalue weighted by molar-refractivity contribution is 7.89. The number of carbonyl (C=O) groups excluding carboxylic acids is 2. The molecule has 1 N–H and O–H groups in total. The minimum Gasteiger partial charge on any atom is -0.453 e. The van der Waals surface area contributed by atoms with Gasteiger partial charge in [-0.3, -0.25) is 9.59 Å². The van der Waals surface area contributed by atoms with Gasteiger partial charge in [-0.1, -0.05) is 12.1 Å². The lowest BCUT2D eigenvalue weighted by Gasteiger charge is -2.15. The van der Waals surface area contributed by atoms with Crippen molar-refractivity contribution < 1.29 is 22.7 Å². The molecule has 0 aliphatic heterocycles. The highest BCUT2D eigenvalue weighted by Crippen LogP contribution is 2.18. The molecule has 0 saturated heterocycles. The van der Waals surface area contributed by atoms with E-state index in [1.165, 1.54) is 39.2 Å². The standard InChI is InChI=1S/C18H22N2O5S2/c1-13(25-17(21)10-9-15-7-5-11-26-15)18(22)19-14-6-4-8-16(12-14)27(23,24)20(2)3/h4-8,11-13H,9-10H2,1-3H3,(H,19,22)/t13-/m1/s1. The predicted molar refractivity (Wildman–Crippen MR) is 104 cm³/mol. The second kappa shape index (κ2) is 9.12. The molecule has 1 amide bonds. The highest BCUT2D eigenvalue weighted by atomic mass is 32.2. The molecule has 27 heavy (non-hydrogen) atoms. The van der Waals surface area contributed by atoms with Crippen LogP contribution in [-0.4, -0.2) is 44.8 Å². The Morgan fingerprint density at radius 3 is 2.59 bits per heavy atom. The van der Waals surface area contributed by atoms with Gasteiger partial charge in [0.1, 0.15) is 0 Å². The number of anilines is 1. The van der Waals surface area contributed by atoms with E-state index in [0.717, 1.165) is 9.18 Å². The number of hydrogen-bond acceptors (Lipinski definition) is 6. The molecule has 1 atom stereocenters. The molecule has 0 radical (unpaired) electrons. The molecule has 0 fully saturated rings. The lowest BCUT2D eigenvalue weighted by atomic mass is 10.2. The average molecular weight is 411 g/mol. The molecule has 0 spiro atoms. The van der Waals surface area contributed by atoms with Crippen LogP contribution in [0.1, 0.15) is 18.2 Å². The highest BCUT2D eigenvalue weighted by Gasteiger charge is 2.20. The number of amides is 1. The first kappa shape index (κ1) is 21.1. The van der Waals surface area contributed by atoms with Gasteiger partial charge in [0.25, 0.3) is 5.91 Å². The van der Waals surface area contributed by atoms with E-state index in [2.05, 4.69) is 5.32 Å². The van der Waals surface area contributed by atoms with Crippen LogP contribution in [0.5, 0.6) is 0 Å². The normalized spacial score (nSPS) is 12.6. The molecule has 0 aliphatic rings. The summed E-state index contributed by atoms with van der Waals surface area (Å²) in [5, 5.41) is 4.50. The van der Waals surface area contributed by atoms with Crippen molar-refractivity contribution in [1.82, 2.24) is 4.31 Å². The van der Waals surface area contributed by atoms with E-state index in [1.54, 1.807) is 17.4 Å². The summed E-state index contributed by atoms with van der Waals surface area (Å²) in [6.45, 7) is 1.47.